The number of ether oxygens (including phenoxy) is 1. The predicted molar refractivity (Wildman–Crippen MR) is 133 cm³/mol. The predicted octanol–water partition coefficient (Wildman–Crippen LogP) is 5.20. The Bertz CT molecular complexity index is 1450. The van der Waals surface area contributed by atoms with E-state index in [-0.39, 0.29) is 5.91 Å². The van der Waals surface area contributed by atoms with Crippen molar-refractivity contribution in [3.63, 3.8) is 0 Å². The second kappa shape index (κ2) is 9.85. The Morgan fingerprint density at radius 3 is 2.60 bits per heavy atom. The smallest absolute Gasteiger partial charge is 0.251 e. The van der Waals surface area contributed by atoms with E-state index < -0.39 is 0 Å². The second-order valence-corrected chi connectivity index (χ2v) is 8.48. The molecule has 0 saturated carbocycles. The number of amides is 1. The summed E-state index contributed by atoms with van der Waals surface area (Å²) >= 11 is 0. The van der Waals surface area contributed by atoms with Gasteiger partial charge in [0.1, 0.15) is 18.1 Å². The molecule has 7 nitrogen and oxygen atoms in total. The van der Waals surface area contributed by atoms with E-state index in [1.165, 1.54) is 5.56 Å². The quantitative estimate of drug-likeness (QED) is 0.340. The number of fused-ring (bicyclic) bond motifs is 1. The molecular weight excluding hydrogens is 440 g/mol. The van der Waals surface area contributed by atoms with Crippen molar-refractivity contribution in [2.75, 3.05) is 0 Å². The van der Waals surface area contributed by atoms with Crippen molar-refractivity contribution in [3.8, 4) is 5.75 Å². The van der Waals surface area contributed by atoms with Gasteiger partial charge in [0, 0.05) is 18.7 Å². The summed E-state index contributed by atoms with van der Waals surface area (Å²) in [4.78, 5) is 17.2. The highest BCUT2D eigenvalue weighted by atomic mass is 16.5. The van der Waals surface area contributed by atoms with Gasteiger partial charge in [0.15, 0.2) is 0 Å². The first kappa shape index (κ1) is 22.4. The maximum absolute atomic E-state index is 12.7. The summed E-state index contributed by atoms with van der Waals surface area (Å²) in [5, 5.41) is 6.92. The van der Waals surface area contributed by atoms with Gasteiger partial charge >= 0.3 is 0 Å². The lowest BCUT2D eigenvalue weighted by atomic mass is 10.1. The fourth-order valence-corrected chi connectivity index (χ4v) is 3.97. The van der Waals surface area contributed by atoms with Gasteiger partial charge in [-0.1, -0.05) is 47.6 Å². The zero-order valence-electron chi connectivity index (χ0n) is 19.7. The lowest BCUT2D eigenvalue weighted by Gasteiger charge is -2.10. The van der Waals surface area contributed by atoms with Crippen molar-refractivity contribution < 1.29 is 14.1 Å². The molecule has 0 fully saturated rings. The van der Waals surface area contributed by atoms with Gasteiger partial charge in [-0.2, -0.15) is 0 Å². The number of hydrogen-bond acceptors (Lipinski definition) is 5. The lowest BCUT2D eigenvalue weighted by molar-refractivity contribution is 0.0950. The SMILES string of the molecule is Cc1noc(C)c1COc1cccc(C(=O)NCc2ccc(Cn3cnc4ccccc43)cc2)c1. The van der Waals surface area contributed by atoms with Crippen LogP contribution in [0.3, 0.4) is 0 Å². The molecule has 2 aromatic heterocycles. The van der Waals surface area contributed by atoms with Crippen LogP contribution in [-0.2, 0) is 19.7 Å². The highest BCUT2D eigenvalue weighted by Crippen LogP contribution is 2.19. The van der Waals surface area contributed by atoms with Crippen molar-refractivity contribution in [1.82, 2.24) is 20.0 Å². The van der Waals surface area contributed by atoms with Crippen LogP contribution in [0.4, 0.5) is 0 Å². The van der Waals surface area contributed by atoms with Gasteiger partial charge < -0.3 is 19.1 Å². The molecule has 0 bridgehead atoms. The molecule has 0 unspecified atom stereocenters. The third kappa shape index (κ3) is 5.09. The van der Waals surface area contributed by atoms with Gasteiger partial charge in [-0.15, -0.1) is 0 Å². The maximum Gasteiger partial charge on any atom is 0.251 e. The molecule has 2 heterocycles. The van der Waals surface area contributed by atoms with E-state index in [0.717, 1.165) is 40.2 Å². The van der Waals surface area contributed by atoms with Gasteiger partial charge in [-0.05, 0) is 55.3 Å². The highest BCUT2D eigenvalue weighted by Gasteiger charge is 2.11. The zero-order valence-corrected chi connectivity index (χ0v) is 19.7. The minimum Gasteiger partial charge on any atom is -0.489 e. The Hall–Kier alpha value is -4.39. The van der Waals surface area contributed by atoms with Crippen LogP contribution in [0.15, 0.2) is 83.6 Å². The summed E-state index contributed by atoms with van der Waals surface area (Å²) in [6.07, 6.45) is 1.87. The molecule has 0 aliphatic carbocycles. The Morgan fingerprint density at radius 1 is 1.00 bits per heavy atom. The Balaban J connectivity index is 1.17. The molecule has 0 radical (unpaired) electrons. The number of carbonyl (C=O) groups excluding carboxylic acids is 1. The second-order valence-electron chi connectivity index (χ2n) is 8.48. The molecule has 1 amide bonds. The van der Waals surface area contributed by atoms with Crippen molar-refractivity contribution in [2.24, 2.45) is 0 Å². The number of nitrogens with one attached hydrogen (secondary N) is 1. The lowest BCUT2D eigenvalue weighted by Crippen LogP contribution is -2.22. The third-order valence-electron chi connectivity index (χ3n) is 6.02. The van der Waals surface area contributed by atoms with Crippen molar-refractivity contribution in [2.45, 2.75) is 33.5 Å². The molecule has 7 heteroatoms. The summed E-state index contributed by atoms with van der Waals surface area (Å²) in [6.45, 7) is 5.26. The number of para-hydroxylation sites is 2. The van der Waals surface area contributed by atoms with Gasteiger partial charge in [-0.3, -0.25) is 4.79 Å². The molecule has 176 valence electrons. The van der Waals surface area contributed by atoms with E-state index in [4.69, 9.17) is 9.26 Å². The molecule has 0 saturated heterocycles. The van der Waals surface area contributed by atoms with E-state index in [2.05, 4.69) is 38.2 Å². The van der Waals surface area contributed by atoms with Crippen LogP contribution >= 0.6 is 0 Å². The molecule has 35 heavy (non-hydrogen) atoms. The molecule has 5 rings (SSSR count). The maximum atomic E-state index is 12.7. The fraction of sp³-hybridized carbons (Fsp3) is 0.179. The zero-order chi connectivity index (χ0) is 24.2. The summed E-state index contributed by atoms with van der Waals surface area (Å²) in [7, 11) is 0. The van der Waals surface area contributed by atoms with E-state index in [1.807, 2.05) is 62.6 Å². The van der Waals surface area contributed by atoms with Crippen molar-refractivity contribution in [1.29, 1.82) is 0 Å². The standard InChI is InChI=1S/C28H26N4O3/c1-19-25(20(2)35-31-19)17-34-24-7-5-6-23(14-24)28(33)29-15-21-10-12-22(13-11-21)16-32-18-30-26-8-3-4-9-27(26)32/h3-14,18H,15-17H2,1-2H3,(H,29,33). The number of benzene rings is 3. The largest absolute Gasteiger partial charge is 0.489 e. The molecule has 0 aliphatic heterocycles. The first-order valence-corrected chi connectivity index (χ1v) is 11.5. The van der Waals surface area contributed by atoms with Crippen LogP contribution in [-0.4, -0.2) is 20.6 Å². The molecule has 1 N–H and O–H groups in total. The molecule has 0 aliphatic rings. The van der Waals surface area contributed by atoms with E-state index in [0.29, 0.717) is 24.5 Å². The topological polar surface area (TPSA) is 82.2 Å². The van der Waals surface area contributed by atoms with Gasteiger partial charge in [0.25, 0.3) is 5.91 Å². The summed E-state index contributed by atoms with van der Waals surface area (Å²) < 4.78 is 13.2. The van der Waals surface area contributed by atoms with Gasteiger partial charge in [-0.25, -0.2) is 4.98 Å². The van der Waals surface area contributed by atoms with E-state index >= 15 is 0 Å². The van der Waals surface area contributed by atoms with Gasteiger partial charge in [0.2, 0.25) is 0 Å². The van der Waals surface area contributed by atoms with Crippen LogP contribution < -0.4 is 10.1 Å². The fourth-order valence-electron chi connectivity index (χ4n) is 3.97. The van der Waals surface area contributed by atoms with Crippen LogP contribution in [0.25, 0.3) is 11.0 Å². The van der Waals surface area contributed by atoms with Crippen molar-refractivity contribution >= 4 is 16.9 Å². The van der Waals surface area contributed by atoms with Crippen LogP contribution in [0, 0.1) is 13.8 Å². The van der Waals surface area contributed by atoms with Crippen LogP contribution in [0.1, 0.15) is 38.5 Å². The minimum absolute atomic E-state index is 0.151. The van der Waals surface area contributed by atoms with Crippen molar-refractivity contribution in [3.05, 3.63) is 113 Å². The number of carbonyl (C=O) groups is 1. The first-order chi connectivity index (χ1) is 17.1. The number of aryl methyl sites for hydroxylation is 2. The Kier molecular flexibility index (Phi) is 6.30. The average Bonchev–Trinajstić information content (AvgIpc) is 3.44. The van der Waals surface area contributed by atoms with Crippen LogP contribution in [0.2, 0.25) is 0 Å². The number of imidazole rings is 1. The number of aromatic nitrogens is 3. The highest BCUT2D eigenvalue weighted by molar-refractivity contribution is 5.94. The monoisotopic (exact) mass is 466 g/mol. The average molecular weight is 467 g/mol. The van der Waals surface area contributed by atoms with E-state index in [1.54, 1.807) is 12.1 Å². The summed E-state index contributed by atoms with van der Waals surface area (Å²) in [5.74, 6) is 1.21. The number of nitrogens with zero attached hydrogens (tertiary/aromatic N) is 3. The summed E-state index contributed by atoms with van der Waals surface area (Å²) in [6, 6.07) is 23.5. The molecule has 5 aromatic rings. The number of hydrogen-bond donors (Lipinski definition) is 1. The normalized spacial score (nSPS) is 11.0. The number of rotatable bonds is 8. The molecule has 0 spiro atoms. The Morgan fingerprint density at radius 2 is 1.80 bits per heavy atom. The van der Waals surface area contributed by atoms with Crippen LogP contribution in [0.5, 0.6) is 5.75 Å². The molecule has 0 atom stereocenters. The molecular formula is C28H26N4O3. The first-order valence-electron chi connectivity index (χ1n) is 11.5. The third-order valence-corrected chi connectivity index (χ3v) is 6.02. The Labute approximate surface area is 203 Å². The van der Waals surface area contributed by atoms with Gasteiger partial charge in [0.05, 0.1) is 28.6 Å². The summed E-state index contributed by atoms with van der Waals surface area (Å²) in [5.41, 5.74) is 6.58. The molecule has 3 aromatic carbocycles. The minimum atomic E-state index is -0.151. The van der Waals surface area contributed by atoms with E-state index in [9.17, 15) is 4.79 Å².